The van der Waals surface area contributed by atoms with Crippen LogP contribution >= 0.6 is 0 Å². The molecule has 25 heavy (non-hydrogen) atoms. The van der Waals surface area contributed by atoms with Gasteiger partial charge in [-0.1, -0.05) is 31.4 Å². The number of carbonyl (C=O) groups is 2. The van der Waals surface area contributed by atoms with Crippen LogP contribution in [0.1, 0.15) is 63.4 Å². The Morgan fingerprint density at radius 1 is 1.08 bits per heavy atom. The van der Waals surface area contributed by atoms with E-state index in [2.05, 4.69) is 10.6 Å². The fourth-order valence-corrected chi connectivity index (χ4v) is 3.66. The molecule has 1 atom stereocenters. The van der Waals surface area contributed by atoms with Crippen molar-refractivity contribution in [2.45, 2.75) is 57.8 Å². The largest absolute Gasteiger partial charge is 0.356 e. The molecule has 1 aliphatic carbocycles. The van der Waals surface area contributed by atoms with E-state index in [1.807, 2.05) is 12.1 Å². The minimum atomic E-state index is -0.242. The van der Waals surface area contributed by atoms with Crippen molar-refractivity contribution in [1.82, 2.24) is 10.6 Å². The van der Waals surface area contributed by atoms with Crippen molar-refractivity contribution in [3.8, 4) is 0 Å². The Kier molecular flexibility index (Phi) is 7.89. The summed E-state index contributed by atoms with van der Waals surface area (Å²) < 4.78 is 13.2. The van der Waals surface area contributed by atoms with Gasteiger partial charge in [0.05, 0.1) is 0 Å². The number of hydrogen-bond donors (Lipinski definition) is 2. The third-order valence-electron chi connectivity index (χ3n) is 4.97. The Bertz CT molecular complexity index is 553. The maximum absolute atomic E-state index is 13.2. The molecule has 1 unspecified atom stereocenters. The topological polar surface area (TPSA) is 58.2 Å². The van der Waals surface area contributed by atoms with Gasteiger partial charge in [0.2, 0.25) is 11.8 Å². The molecule has 1 saturated carbocycles. The van der Waals surface area contributed by atoms with Gasteiger partial charge < -0.3 is 10.6 Å². The third kappa shape index (κ3) is 6.85. The van der Waals surface area contributed by atoms with Crippen LogP contribution in [0.15, 0.2) is 24.3 Å². The van der Waals surface area contributed by atoms with E-state index in [0.29, 0.717) is 25.4 Å². The molecule has 0 saturated heterocycles. The normalized spacial score (nSPS) is 16.2. The minimum absolute atomic E-state index is 0.0303. The molecule has 0 aromatic heterocycles. The van der Waals surface area contributed by atoms with Crippen LogP contribution in [0.25, 0.3) is 0 Å². The zero-order valence-corrected chi connectivity index (χ0v) is 15.0. The van der Waals surface area contributed by atoms with Gasteiger partial charge in [-0.3, -0.25) is 9.59 Å². The molecule has 138 valence electrons. The molecule has 1 fully saturated rings. The molecule has 1 aromatic rings. The molecule has 0 spiro atoms. The minimum Gasteiger partial charge on any atom is -0.356 e. The average Bonchev–Trinajstić information content (AvgIpc) is 2.61. The number of nitrogens with one attached hydrogen (secondary N) is 2. The quantitative estimate of drug-likeness (QED) is 0.706. The van der Waals surface area contributed by atoms with Gasteiger partial charge in [0.1, 0.15) is 5.82 Å². The Morgan fingerprint density at radius 3 is 2.36 bits per heavy atom. The van der Waals surface area contributed by atoms with E-state index < -0.39 is 0 Å². The van der Waals surface area contributed by atoms with E-state index in [-0.39, 0.29) is 23.5 Å². The van der Waals surface area contributed by atoms with Crippen LogP contribution in [0.2, 0.25) is 0 Å². The summed E-state index contributed by atoms with van der Waals surface area (Å²) in [5, 5.41) is 5.66. The van der Waals surface area contributed by atoms with E-state index in [1.165, 1.54) is 38.3 Å². The number of amides is 2. The van der Waals surface area contributed by atoms with E-state index in [0.717, 1.165) is 24.8 Å². The fraction of sp³-hybridized carbons (Fsp3) is 0.600. The van der Waals surface area contributed by atoms with Gasteiger partial charge in [-0.2, -0.15) is 0 Å². The number of rotatable bonds is 8. The first-order valence-corrected chi connectivity index (χ1v) is 9.33. The summed E-state index contributed by atoms with van der Waals surface area (Å²) in [7, 11) is 0. The molecule has 2 rings (SSSR count). The second-order valence-corrected chi connectivity index (χ2v) is 6.95. The lowest BCUT2D eigenvalue weighted by atomic mass is 9.75. The van der Waals surface area contributed by atoms with Crippen LogP contribution in [0.3, 0.4) is 0 Å². The molecule has 0 radical (unpaired) electrons. The maximum atomic E-state index is 13.2. The predicted molar refractivity (Wildman–Crippen MR) is 96.6 cm³/mol. The van der Waals surface area contributed by atoms with Crippen molar-refractivity contribution in [2.24, 2.45) is 5.92 Å². The summed E-state index contributed by atoms with van der Waals surface area (Å²) in [6.45, 7) is 2.61. The highest BCUT2D eigenvalue weighted by molar-refractivity contribution is 5.77. The molecule has 5 heteroatoms. The van der Waals surface area contributed by atoms with Crippen molar-refractivity contribution in [3.63, 3.8) is 0 Å². The van der Waals surface area contributed by atoms with E-state index in [1.54, 1.807) is 0 Å². The van der Waals surface area contributed by atoms with Gasteiger partial charge in [-0.25, -0.2) is 4.39 Å². The lowest BCUT2D eigenvalue weighted by Gasteiger charge is -2.30. The monoisotopic (exact) mass is 348 g/mol. The molecule has 0 bridgehead atoms. The Balaban J connectivity index is 1.90. The zero-order valence-electron chi connectivity index (χ0n) is 15.0. The number of benzene rings is 1. The molecular formula is C20H29FN2O2. The lowest BCUT2D eigenvalue weighted by Crippen LogP contribution is -2.31. The van der Waals surface area contributed by atoms with Crippen LogP contribution in [0, 0.1) is 11.7 Å². The summed E-state index contributed by atoms with van der Waals surface area (Å²) in [4.78, 5) is 23.2. The second kappa shape index (κ2) is 10.2. The molecule has 0 heterocycles. The Morgan fingerprint density at radius 2 is 1.72 bits per heavy atom. The molecule has 2 amide bonds. The average molecular weight is 348 g/mol. The highest BCUT2D eigenvalue weighted by Gasteiger charge is 2.27. The molecule has 1 aliphatic rings. The summed E-state index contributed by atoms with van der Waals surface area (Å²) in [5.41, 5.74) is 1.06. The Labute approximate surface area is 149 Å². The van der Waals surface area contributed by atoms with Crippen molar-refractivity contribution >= 4 is 11.8 Å². The smallest absolute Gasteiger partial charge is 0.220 e. The second-order valence-electron chi connectivity index (χ2n) is 6.95. The summed E-state index contributed by atoms with van der Waals surface area (Å²) in [6.07, 6.45) is 7.12. The first-order valence-electron chi connectivity index (χ1n) is 9.33. The first-order chi connectivity index (χ1) is 12.1. The fourth-order valence-electron chi connectivity index (χ4n) is 3.66. The maximum Gasteiger partial charge on any atom is 0.220 e. The third-order valence-corrected chi connectivity index (χ3v) is 4.97. The summed E-state index contributed by atoms with van der Waals surface area (Å²) in [5.74, 6) is 0.372. The van der Waals surface area contributed by atoms with Gasteiger partial charge in [-0.05, 0) is 48.8 Å². The van der Waals surface area contributed by atoms with Crippen molar-refractivity contribution in [1.29, 1.82) is 0 Å². The first kappa shape index (κ1) is 19.4. The predicted octanol–water partition coefficient (Wildman–Crippen LogP) is 3.52. The van der Waals surface area contributed by atoms with Crippen molar-refractivity contribution in [3.05, 3.63) is 35.6 Å². The van der Waals surface area contributed by atoms with Gasteiger partial charge in [0.25, 0.3) is 0 Å². The number of halogens is 1. The van der Waals surface area contributed by atoms with Crippen molar-refractivity contribution < 1.29 is 14.0 Å². The van der Waals surface area contributed by atoms with Crippen molar-refractivity contribution in [2.75, 3.05) is 13.1 Å². The van der Waals surface area contributed by atoms with Crippen LogP contribution in [0.5, 0.6) is 0 Å². The number of carbonyl (C=O) groups excluding carboxylic acids is 2. The Hall–Kier alpha value is -1.91. The number of hydrogen-bond acceptors (Lipinski definition) is 2. The molecule has 4 nitrogen and oxygen atoms in total. The molecule has 0 aliphatic heterocycles. The van der Waals surface area contributed by atoms with E-state index in [9.17, 15) is 14.0 Å². The summed E-state index contributed by atoms with van der Waals surface area (Å²) >= 11 is 0. The van der Waals surface area contributed by atoms with E-state index in [4.69, 9.17) is 0 Å². The van der Waals surface area contributed by atoms with Gasteiger partial charge in [-0.15, -0.1) is 0 Å². The highest BCUT2D eigenvalue weighted by Crippen LogP contribution is 2.38. The van der Waals surface area contributed by atoms with Crippen LogP contribution in [0.4, 0.5) is 4.39 Å². The highest BCUT2D eigenvalue weighted by atomic mass is 19.1. The van der Waals surface area contributed by atoms with Gasteiger partial charge in [0, 0.05) is 26.4 Å². The SMILES string of the molecule is CC(=O)NCCCNC(=O)CC(c1ccc(F)cc1)C1CCCCC1. The van der Waals surface area contributed by atoms with Crippen LogP contribution < -0.4 is 10.6 Å². The molecule has 1 aromatic carbocycles. The van der Waals surface area contributed by atoms with E-state index >= 15 is 0 Å². The van der Waals surface area contributed by atoms with Gasteiger partial charge in [0.15, 0.2) is 0 Å². The van der Waals surface area contributed by atoms with Gasteiger partial charge >= 0.3 is 0 Å². The molecule has 2 N–H and O–H groups in total. The van der Waals surface area contributed by atoms with Crippen LogP contribution in [-0.2, 0) is 9.59 Å². The zero-order chi connectivity index (χ0) is 18.1. The standard InChI is InChI=1S/C20H29FN2O2/c1-15(24)22-12-5-13-23-20(25)14-19(16-6-3-2-4-7-16)17-8-10-18(21)11-9-17/h8-11,16,19H,2-7,12-14H2,1H3,(H,22,24)(H,23,25). The summed E-state index contributed by atoms with van der Waals surface area (Å²) in [6, 6.07) is 6.60. The molecular weight excluding hydrogens is 319 g/mol. The van der Waals surface area contributed by atoms with Crippen LogP contribution in [-0.4, -0.2) is 24.9 Å². The lowest BCUT2D eigenvalue weighted by molar-refractivity contribution is -0.121.